The fourth-order valence-electron chi connectivity index (χ4n) is 3.32. The van der Waals surface area contributed by atoms with Crippen molar-refractivity contribution >= 4 is 17.5 Å². The highest BCUT2D eigenvalue weighted by molar-refractivity contribution is 7.99. The van der Waals surface area contributed by atoms with E-state index in [1.165, 1.54) is 0 Å². The second kappa shape index (κ2) is 5.11. The molecule has 3 heterocycles. The first-order chi connectivity index (χ1) is 10.7. The number of benzene rings is 1. The molecule has 2 aliphatic heterocycles. The van der Waals surface area contributed by atoms with E-state index in [0.29, 0.717) is 17.1 Å². The second-order valence-electron chi connectivity index (χ2n) is 5.67. The van der Waals surface area contributed by atoms with Crippen LogP contribution in [0.3, 0.4) is 0 Å². The van der Waals surface area contributed by atoms with Gasteiger partial charge in [-0.25, -0.2) is 0 Å². The van der Waals surface area contributed by atoms with Gasteiger partial charge in [0.25, 0.3) is 0 Å². The molecule has 2 aromatic rings. The maximum Gasteiger partial charge on any atom is 0.180 e. The molecule has 5 heteroatoms. The summed E-state index contributed by atoms with van der Waals surface area (Å²) in [5, 5.41) is 10.4. The van der Waals surface area contributed by atoms with Crippen molar-refractivity contribution in [3.8, 4) is 5.75 Å². The number of aliphatic hydroxyl groups excluding tert-OH is 1. The Kier molecular flexibility index (Phi) is 3.20. The van der Waals surface area contributed by atoms with Gasteiger partial charge >= 0.3 is 0 Å². The summed E-state index contributed by atoms with van der Waals surface area (Å²) < 4.78 is 5.84. The van der Waals surface area contributed by atoms with Crippen LogP contribution >= 0.6 is 11.8 Å². The molecule has 0 amide bonds. The molecule has 1 fully saturated rings. The van der Waals surface area contributed by atoms with Gasteiger partial charge in [0.2, 0.25) is 0 Å². The van der Waals surface area contributed by atoms with E-state index in [1.54, 1.807) is 36.3 Å². The Balaban J connectivity index is 1.83. The number of fused-ring (bicyclic) bond motifs is 1. The number of ketones is 1. The van der Waals surface area contributed by atoms with E-state index in [9.17, 15) is 9.90 Å². The molecule has 112 valence electrons. The summed E-state index contributed by atoms with van der Waals surface area (Å²) in [7, 11) is 0. The molecule has 1 aromatic carbocycles. The minimum atomic E-state index is -0.929. The van der Waals surface area contributed by atoms with Gasteiger partial charge in [-0.2, -0.15) is 0 Å². The fourth-order valence-corrected chi connectivity index (χ4v) is 4.95. The lowest BCUT2D eigenvalue weighted by atomic mass is 9.71. The van der Waals surface area contributed by atoms with E-state index in [-0.39, 0.29) is 17.6 Å². The number of nitrogens with zero attached hydrogens (tertiary/aromatic N) is 1. The lowest BCUT2D eigenvalue weighted by molar-refractivity contribution is 0.00920. The molecule has 4 nitrogen and oxygen atoms in total. The van der Waals surface area contributed by atoms with E-state index >= 15 is 0 Å². The molecule has 1 N–H and O–H groups in total. The minimum absolute atomic E-state index is 0.0271. The largest absolute Gasteiger partial charge is 0.492 e. The minimum Gasteiger partial charge on any atom is -0.492 e. The summed E-state index contributed by atoms with van der Waals surface area (Å²) in [5.41, 5.74) is 0.590. The molecule has 1 saturated heterocycles. The number of rotatable bonds is 1. The molecule has 1 spiro atoms. The molecule has 0 unspecified atom stereocenters. The lowest BCUT2D eigenvalue weighted by Crippen LogP contribution is -2.50. The fraction of sp³-hybridized carbons (Fsp3) is 0.294. The molecular formula is C17H15NO3S. The standard InChI is InChI=1S/C17H15NO3S/c19-14-9-22-16(11-4-3-7-18-8-11)17(14)10-21-13-6-2-1-5-12(13)15(17)20/h1-8,14,16,19H,9-10H2/t14-,16+,17+/m1/s1. The third-order valence-corrected chi connectivity index (χ3v) is 6.03. The number of ether oxygens (including phenoxy) is 1. The van der Waals surface area contributed by atoms with Crippen molar-refractivity contribution in [2.45, 2.75) is 11.4 Å². The van der Waals surface area contributed by atoms with Crippen LogP contribution in [0.5, 0.6) is 5.75 Å². The van der Waals surface area contributed by atoms with Crippen LogP contribution in [-0.2, 0) is 0 Å². The summed E-state index contributed by atoms with van der Waals surface area (Å²) in [6.07, 6.45) is 2.76. The highest BCUT2D eigenvalue weighted by atomic mass is 32.2. The number of aromatic nitrogens is 1. The SMILES string of the molecule is O=C1c2ccccc2OC[C@]12[C@H](O)CS[C@H]2c1cccnc1. The van der Waals surface area contributed by atoms with Crippen LogP contribution in [0.2, 0.25) is 0 Å². The van der Waals surface area contributed by atoms with Crippen LogP contribution in [0.25, 0.3) is 0 Å². The van der Waals surface area contributed by atoms with E-state index in [2.05, 4.69) is 4.98 Å². The third kappa shape index (κ3) is 1.82. The van der Waals surface area contributed by atoms with E-state index in [0.717, 1.165) is 5.56 Å². The Labute approximate surface area is 132 Å². The van der Waals surface area contributed by atoms with E-state index < -0.39 is 11.5 Å². The molecule has 0 bridgehead atoms. The first-order valence-corrected chi connectivity index (χ1v) is 8.24. The van der Waals surface area contributed by atoms with E-state index in [4.69, 9.17) is 4.74 Å². The third-order valence-electron chi connectivity index (χ3n) is 4.49. The average Bonchev–Trinajstić information content (AvgIpc) is 2.90. The van der Waals surface area contributed by atoms with Gasteiger partial charge in [0.05, 0.1) is 16.9 Å². The Bertz CT molecular complexity index is 721. The topological polar surface area (TPSA) is 59.4 Å². The monoisotopic (exact) mass is 313 g/mol. The zero-order valence-electron chi connectivity index (χ0n) is 11.8. The number of carbonyl (C=O) groups is 1. The number of hydrogen-bond donors (Lipinski definition) is 1. The number of hydrogen-bond acceptors (Lipinski definition) is 5. The molecule has 0 saturated carbocycles. The van der Waals surface area contributed by atoms with Crippen LogP contribution < -0.4 is 4.74 Å². The van der Waals surface area contributed by atoms with Gasteiger partial charge in [-0.3, -0.25) is 9.78 Å². The molecule has 22 heavy (non-hydrogen) atoms. The predicted molar refractivity (Wildman–Crippen MR) is 84.1 cm³/mol. The smallest absolute Gasteiger partial charge is 0.180 e. The van der Waals surface area contributed by atoms with Crippen molar-refractivity contribution in [1.29, 1.82) is 0 Å². The summed E-state index contributed by atoms with van der Waals surface area (Å²) >= 11 is 1.60. The summed E-state index contributed by atoms with van der Waals surface area (Å²) in [4.78, 5) is 17.3. The average molecular weight is 313 g/mol. The molecule has 0 aliphatic carbocycles. The number of para-hydroxylation sites is 1. The summed E-state index contributed by atoms with van der Waals surface area (Å²) in [6, 6.07) is 11.1. The number of carbonyl (C=O) groups excluding carboxylic acids is 1. The van der Waals surface area contributed by atoms with Crippen LogP contribution in [0, 0.1) is 5.41 Å². The van der Waals surface area contributed by atoms with Gasteiger partial charge in [0, 0.05) is 18.1 Å². The zero-order chi connectivity index (χ0) is 15.2. The Morgan fingerprint density at radius 3 is 2.95 bits per heavy atom. The van der Waals surface area contributed by atoms with Crippen LogP contribution in [0.4, 0.5) is 0 Å². The van der Waals surface area contributed by atoms with Crippen molar-refractivity contribution in [2.24, 2.45) is 5.41 Å². The van der Waals surface area contributed by atoms with Crippen molar-refractivity contribution in [3.63, 3.8) is 0 Å². The number of Topliss-reactive ketones (excluding diaryl/α,β-unsaturated/α-hetero) is 1. The maximum absolute atomic E-state index is 13.2. The van der Waals surface area contributed by atoms with Crippen molar-refractivity contribution in [3.05, 3.63) is 59.9 Å². The van der Waals surface area contributed by atoms with Gasteiger partial charge < -0.3 is 9.84 Å². The predicted octanol–water partition coefficient (Wildman–Crippen LogP) is 2.49. The highest BCUT2D eigenvalue weighted by Gasteiger charge is 2.59. The maximum atomic E-state index is 13.2. The first kappa shape index (κ1) is 13.8. The van der Waals surface area contributed by atoms with E-state index in [1.807, 2.05) is 24.3 Å². The summed E-state index contributed by atoms with van der Waals surface area (Å²) in [6.45, 7) is 0.205. The van der Waals surface area contributed by atoms with Gasteiger partial charge in [-0.15, -0.1) is 11.8 Å². The molecular weight excluding hydrogens is 298 g/mol. The van der Waals surface area contributed by atoms with Gasteiger partial charge in [0.1, 0.15) is 17.8 Å². The Morgan fingerprint density at radius 1 is 1.27 bits per heavy atom. The Hall–Kier alpha value is -1.85. The second-order valence-corrected chi connectivity index (χ2v) is 6.81. The van der Waals surface area contributed by atoms with Crippen LogP contribution in [0.1, 0.15) is 21.2 Å². The van der Waals surface area contributed by atoms with Crippen molar-refractivity contribution in [2.75, 3.05) is 12.4 Å². The van der Waals surface area contributed by atoms with Gasteiger partial charge in [0.15, 0.2) is 5.78 Å². The molecule has 2 aliphatic rings. The number of thioether (sulfide) groups is 1. The normalized spacial score (nSPS) is 30.1. The number of aliphatic hydroxyl groups is 1. The van der Waals surface area contributed by atoms with Crippen LogP contribution in [0.15, 0.2) is 48.8 Å². The highest BCUT2D eigenvalue weighted by Crippen LogP contribution is 2.56. The molecule has 0 radical (unpaired) electrons. The molecule has 4 rings (SSSR count). The number of pyridine rings is 1. The van der Waals surface area contributed by atoms with Gasteiger partial charge in [-0.1, -0.05) is 18.2 Å². The summed E-state index contributed by atoms with van der Waals surface area (Å²) in [5.74, 6) is 1.10. The molecule has 1 aromatic heterocycles. The van der Waals surface area contributed by atoms with Crippen molar-refractivity contribution < 1.29 is 14.6 Å². The lowest BCUT2D eigenvalue weighted by Gasteiger charge is -2.39. The Morgan fingerprint density at radius 2 is 2.14 bits per heavy atom. The van der Waals surface area contributed by atoms with Gasteiger partial charge in [-0.05, 0) is 23.8 Å². The first-order valence-electron chi connectivity index (χ1n) is 7.20. The zero-order valence-corrected chi connectivity index (χ0v) is 12.6. The quantitative estimate of drug-likeness (QED) is 0.876. The van der Waals surface area contributed by atoms with Crippen LogP contribution in [-0.4, -0.2) is 34.3 Å². The molecule has 3 atom stereocenters. The van der Waals surface area contributed by atoms with Crippen molar-refractivity contribution in [1.82, 2.24) is 4.98 Å².